The number of amides is 1. The molecule has 2 aromatic heterocycles. The monoisotopic (exact) mass is 368 g/mol. The van der Waals surface area contributed by atoms with E-state index in [-0.39, 0.29) is 24.3 Å². The normalized spacial score (nSPS) is 17.2. The lowest BCUT2D eigenvalue weighted by Crippen LogP contribution is -2.40. The second-order valence-electron chi connectivity index (χ2n) is 6.77. The van der Waals surface area contributed by atoms with Gasteiger partial charge in [0.1, 0.15) is 24.2 Å². The quantitative estimate of drug-likeness (QED) is 0.693. The molecule has 3 heterocycles. The van der Waals surface area contributed by atoms with E-state index in [1.54, 1.807) is 47.7 Å². The molecule has 0 bridgehead atoms. The van der Waals surface area contributed by atoms with Crippen molar-refractivity contribution in [1.82, 2.24) is 19.4 Å². The summed E-state index contributed by atoms with van der Waals surface area (Å²) < 4.78 is 21.5. The van der Waals surface area contributed by atoms with Crippen LogP contribution in [0.4, 0.5) is 4.39 Å². The van der Waals surface area contributed by atoms with Gasteiger partial charge in [-0.3, -0.25) is 4.79 Å². The van der Waals surface area contributed by atoms with Gasteiger partial charge in [0.15, 0.2) is 0 Å². The van der Waals surface area contributed by atoms with Gasteiger partial charge in [-0.25, -0.2) is 14.4 Å². The van der Waals surface area contributed by atoms with Crippen molar-refractivity contribution in [2.75, 3.05) is 6.54 Å². The Hall–Kier alpha value is -2.96. The van der Waals surface area contributed by atoms with Crippen LogP contribution < -0.4 is 0 Å². The summed E-state index contributed by atoms with van der Waals surface area (Å²) in [6, 6.07) is 6.46. The van der Waals surface area contributed by atoms with Gasteiger partial charge in [0, 0.05) is 25.4 Å². The first-order valence-electron chi connectivity index (χ1n) is 9.14. The maximum atomic E-state index is 13.9. The highest BCUT2D eigenvalue weighted by Crippen LogP contribution is 2.31. The molecule has 1 saturated heterocycles. The summed E-state index contributed by atoms with van der Waals surface area (Å²) >= 11 is 0. The van der Waals surface area contributed by atoms with Gasteiger partial charge in [0.2, 0.25) is 11.8 Å². The molecule has 0 saturated carbocycles. The van der Waals surface area contributed by atoms with Gasteiger partial charge in [0.05, 0.1) is 12.5 Å². The average molecular weight is 368 g/mol. The van der Waals surface area contributed by atoms with E-state index in [1.165, 1.54) is 6.07 Å². The number of oxazole rings is 1. The maximum absolute atomic E-state index is 13.9. The molecule has 0 aliphatic carbocycles. The minimum Gasteiger partial charge on any atom is -0.443 e. The number of benzene rings is 1. The predicted molar refractivity (Wildman–Crippen MR) is 96.2 cm³/mol. The van der Waals surface area contributed by atoms with E-state index in [2.05, 4.69) is 9.97 Å². The fourth-order valence-electron chi connectivity index (χ4n) is 3.50. The number of likely N-dealkylation sites (tertiary alicyclic amines) is 1. The minimum atomic E-state index is -0.259. The van der Waals surface area contributed by atoms with Gasteiger partial charge in [0.25, 0.3) is 0 Å². The van der Waals surface area contributed by atoms with Crippen molar-refractivity contribution in [3.05, 3.63) is 72.2 Å². The molecule has 1 aromatic carbocycles. The first-order chi connectivity index (χ1) is 13.2. The molecule has 1 atom stereocenters. The number of rotatable bonds is 5. The van der Waals surface area contributed by atoms with Gasteiger partial charge in [-0.05, 0) is 30.9 Å². The molecule has 0 N–H and O–H groups in total. The van der Waals surface area contributed by atoms with Crippen molar-refractivity contribution < 1.29 is 13.6 Å². The van der Waals surface area contributed by atoms with Crippen molar-refractivity contribution >= 4 is 5.91 Å². The van der Waals surface area contributed by atoms with Crippen molar-refractivity contribution in [3.63, 3.8) is 0 Å². The van der Waals surface area contributed by atoms with E-state index in [9.17, 15) is 9.18 Å². The smallest absolute Gasteiger partial charge is 0.243 e. The molecular weight excluding hydrogens is 347 g/mol. The molecule has 6 nitrogen and oxygen atoms in total. The topological polar surface area (TPSA) is 64.2 Å². The zero-order valence-corrected chi connectivity index (χ0v) is 14.9. The number of piperidine rings is 1. The van der Waals surface area contributed by atoms with E-state index in [0.717, 1.165) is 19.3 Å². The van der Waals surface area contributed by atoms with Gasteiger partial charge in [-0.15, -0.1) is 0 Å². The Bertz CT molecular complexity index is 906. The number of aromatic nitrogens is 3. The highest BCUT2D eigenvalue weighted by molar-refractivity contribution is 5.76. The molecule has 3 aromatic rings. The van der Waals surface area contributed by atoms with Crippen LogP contribution in [0.2, 0.25) is 0 Å². The Morgan fingerprint density at radius 2 is 2.19 bits per heavy atom. The van der Waals surface area contributed by atoms with E-state index >= 15 is 0 Å². The first kappa shape index (κ1) is 17.5. The number of hydrogen-bond acceptors (Lipinski definition) is 4. The number of hydrogen-bond donors (Lipinski definition) is 0. The molecule has 4 rings (SSSR count). The second kappa shape index (κ2) is 7.73. The molecule has 7 heteroatoms. The standard InChI is InChI=1S/C20H21FN4O2/c21-17-6-2-1-5-15(17)11-16-12-23-20(27-16)18-7-3-4-9-25(18)19(26)13-24-10-8-22-14-24/h1-2,5-6,8,10,12,14,18H,3-4,7,9,11,13H2/t18-/m1/s1. The van der Waals surface area contributed by atoms with Crippen LogP contribution in [0.25, 0.3) is 0 Å². The third kappa shape index (κ3) is 3.92. The fraction of sp³-hybridized carbons (Fsp3) is 0.350. The zero-order chi connectivity index (χ0) is 18.6. The van der Waals surface area contributed by atoms with Crippen LogP contribution in [-0.2, 0) is 17.8 Å². The lowest BCUT2D eigenvalue weighted by molar-refractivity contribution is -0.136. The van der Waals surface area contributed by atoms with Crippen LogP contribution in [0, 0.1) is 5.82 Å². The van der Waals surface area contributed by atoms with Gasteiger partial charge < -0.3 is 13.9 Å². The van der Waals surface area contributed by atoms with Crippen LogP contribution in [0.5, 0.6) is 0 Å². The summed E-state index contributed by atoms with van der Waals surface area (Å²) in [5, 5.41) is 0. The van der Waals surface area contributed by atoms with Crippen molar-refractivity contribution in [1.29, 1.82) is 0 Å². The summed E-state index contributed by atoms with van der Waals surface area (Å²) in [5.74, 6) is 0.888. The minimum absolute atomic E-state index is 0.0200. The molecule has 0 unspecified atom stereocenters. The van der Waals surface area contributed by atoms with Crippen LogP contribution in [0.15, 0.2) is 53.6 Å². The summed E-state index contributed by atoms with van der Waals surface area (Å²) in [7, 11) is 0. The van der Waals surface area contributed by atoms with Crippen LogP contribution >= 0.6 is 0 Å². The Kier molecular flexibility index (Phi) is 5.00. The molecule has 1 amide bonds. The average Bonchev–Trinajstić information content (AvgIpc) is 3.36. The molecule has 1 aliphatic heterocycles. The first-order valence-corrected chi connectivity index (χ1v) is 9.14. The Labute approximate surface area is 156 Å². The highest BCUT2D eigenvalue weighted by Gasteiger charge is 2.31. The van der Waals surface area contributed by atoms with Crippen LogP contribution in [0.3, 0.4) is 0 Å². The van der Waals surface area contributed by atoms with Crippen molar-refractivity contribution in [3.8, 4) is 0 Å². The number of imidazole rings is 1. The fourth-order valence-corrected chi connectivity index (χ4v) is 3.50. The largest absolute Gasteiger partial charge is 0.443 e. The maximum Gasteiger partial charge on any atom is 0.243 e. The second-order valence-corrected chi connectivity index (χ2v) is 6.77. The van der Waals surface area contributed by atoms with E-state index < -0.39 is 0 Å². The molecule has 140 valence electrons. The van der Waals surface area contributed by atoms with Crippen LogP contribution in [0.1, 0.15) is 42.5 Å². The van der Waals surface area contributed by atoms with Gasteiger partial charge in [-0.1, -0.05) is 18.2 Å². The summed E-state index contributed by atoms with van der Waals surface area (Å²) in [6.45, 7) is 0.933. The van der Waals surface area contributed by atoms with E-state index in [1.807, 2.05) is 4.90 Å². The number of carbonyl (C=O) groups excluding carboxylic acids is 1. The lowest BCUT2D eigenvalue weighted by Gasteiger charge is -2.33. The van der Waals surface area contributed by atoms with Crippen LogP contribution in [-0.4, -0.2) is 31.9 Å². The molecule has 1 fully saturated rings. The number of nitrogens with zero attached hydrogens (tertiary/aromatic N) is 4. The molecular formula is C20H21FN4O2. The molecule has 1 aliphatic rings. The van der Waals surface area contributed by atoms with Gasteiger partial charge in [-0.2, -0.15) is 0 Å². The number of halogens is 1. The van der Waals surface area contributed by atoms with E-state index in [4.69, 9.17) is 4.42 Å². The lowest BCUT2D eigenvalue weighted by atomic mass is 10.0. The third-order valence-corrected chi connectivity index (χ3v) is 4.88. The van der Waals surface area contributed by atoms with Gasteiger partial charge >= 0.3 is 0 Å². The molecule has 0 radical (unpaired) electrons. The third-order valence-electron chi connectivity index (χ3n) is 4.88. The molecule has 27 heavy (non-hydrogen) atoms. The molecule has 0 spiro atoms. The Morgan fingerprint density at radius 3 is 3.00 bits per heavy atom. The Morgan fingerprint density at radius 1 is 1.30 bits per heavy atom. The number of carbonyl (C=O) groups is 1. The van der Waals surface area contributed by atoms with Crippen molar-refractivity contribution in [2.24, 2.45) is 0 Å². The predicted octanol–water partition coefficient (Wildman–Crippen LogP) is 3.35. The summed E-state index contributed by atoms with van der Waals surface area (Å²) in [6.07, 6.45) is 9.84. The summed E-state index contributed by atoms with van der Waals surface area (Å²) in [4.78, 5) is 23.0. The zero-order valence-electron chi connectivity index (χ0n) is 14.9. The Balaban J connectivity index is 1.50. The van der Waals surface area contributed by atoms with E-state index in [0.29, 0.717) is 30.2 Å². The summed E-state index contributed by atoms with van der Waals surface area (Å²) in [5.41, 5.74) is 0.567. The van der Waals surface area contributed by atoms with Crippen molar-refractivity contribution in [2.45, 2.75) is 38.3 Å². The highest BCUT2D eigenvalue weighted by atomic mass is 19.1. The SMILES string of the molecule is O=C(Cn1ccnc1)N1CCCC[C@@H]1c1ncc(Cc2ccccc2F)o1.